The van der Waals surface area contributed by atoms with E-state index in [-0.39, 0.29) is 17.0 Å². The Morgan fingerprint density at radius 1 is 0.677 bits per heavy atom. The smallest absolute Gasteiger partial charge is 0.0527 e. The van der Waals surface area contributed by atoms with Crippen LogP contribution in [0.2, 0.25) is 0 Å². The molecular formula is C24H38BrN5S. The Labute approximate surface area is 203 Å². The van der Waals surface area contributed by atoms with Gasteiger partial charge in [0.1, 0.15) is 0 Å². The van der Waals surface area contributed by atoms with Gasteiger partial charge < -0.3 is 24.9 Å². The summed E-state index contributed by atoms with van der Waals surface area (Å²) in [7, 11) is 8.53. The summed E-state index contributed by atoms with van der Waals surface area (Å²) in [5.41, 5.74) is 5.00. The Kier molecular flexibility index (Phi) is 10.0. The largest absolute Gasteiger partial charge is 0.370 e. The average Bonchev–Trinajstić information content (AvgIpc) is 2.72. The Morgan fingerprint density at radius 2 is 1.10 bits per heavy atom. The number of hydrogen-bond acceptors (Lipinski definition) is 6. The quantitative estimate of drug-likeness (QED) is 0.402. The van der Waals surface area contributed by atoms with Gasteiger partial charge in [0, 0.05) is 60.4 Å². The van der Waals surface area contributed by atoms with Gasteiger partial charge in [-0.3, -0.25) is 0 Å². The summed E-state index contributed by atoms with van der Waals surface area (Å²) in [5.74, 6) is 0. The van der Waals surface area contributed by atoms with E-state index < -0.39 is 0 Å². The molecule has 0 radical (unpaired) electrons. The highest BCUT2D eigenvalue weighted by molar-refractivity contribution is 8.93. The Hall–Kier alpha value is -1.41. The minimum Gasteiger partial charge on any atom is -0.370 e. The first-order chi connectivity index (χ1) is 14.4. The molecule has 0 amide bonds. The second kappa shape index (κ2) is 12.0. The van der Waals surface area contributed by atoms with Gasteiger partial charge in [0.15, 0.2) is 0 Å². The van der Waals surface area contributed by atoms with Gasteiger partial charge in [0.25, 0.3) is 0 Å². The molecule has 1 aliphatic heterocycles. The molecular weight excluding hydrogens is 470 g/mol. The summed E-state index contributed by atoms with van der Waals surface area (Å²) in [4.78, 5) is 12.0. The van der Waals surface area contributed by atoms with Crippen molar-refractivity contribution in [1.29, 1.82) is 0 Å². The van der Waals surface area contributed by atoms with E-state index in [1.54, 1.807) is 0 Å². The molecule has 2 aromatic rings. The molecule has 0 fully saturated rings. The molecule has 0 saturated heterocycles. The van der Waals surface area contributed by atoms with Gasteiger partial charge in [0.2, 0.25) is 0 Å². The van der Waals surface area contributed by atoms with Crippen molar-refractivity contribution in [1.82, 2.24) is 9.80 Å². The number of hydrogen-bond donors (Lipinski definition) is 1. The van der Waals surface area contributed by atoms with Crippen LogP contribution in [0.4, 0.5) is 22.7 Å². The lowest BCUT2D eigenvalue weighted by molar-refractivity contribution is 0.414. The second-order valence-corrected chi connectivity index (χ2v) is 9.44. The lowest BCUT2D eigenvalue weighted by Gasteiger charge is -2.29. The van der Waals surface area contributed by atoms with E-state index in [1.165, 1.54) is 32.5 Å². The zero-order valence-electron chi connectivity index (χ0n) is 19.8. The number of nitrogens with one attached hydrogen (secondary N) is 1. The molecule has 1 aliphatic rings. The number of rotatable bonds is 10. The van der Waals surface area contributed by atoms with Crippen LogP contribution in [0.25, 0.3) is 0 Å². The van der Waals surface area contributed by atoms with Crippen molar-refractivity contribution < 1.29 is 0 Å². The average molecular weight is 509 g/mol. The number of fused-ring (bicyclic) bond motifs is 2. The Bertz CT molecular complexity index is 775. The predicted octanol–water partition coefficient (Wildman–Crippen LogP) is 5.25. The number of anilines is 4. The summed E-state index contributed by atoms with van der Waals surface area (Å²) in [6.45, 7) is 10.7. The molecule has 0 spiro atoms. The van der Waals surface area contributed by atoms with Gasteiger partial charge in [0.05, 0.1) is 11.4 Å². The van der Waals surface area contributed by atoms with Crippen LogP contribution >= 0.6 is 28.7 Å². The van der Waals surface area contributed by atoms with E-state index in [1.807, 2.05) is 11.8 Å². The van der Waals surface area contributed by atoms with Gasteiger partial charge in [-0.2, -0.15) is 0 Å². The maximum absolute atomic E-state index is 3.63. The van der Waals surface area contributed by atoms with Crippen LogP contribution in [-0.2, 0) is 0 Å². The molecule has 0 unspecified atom stereocenters. The summed E-state index contributed by atoms with van der Waals surface area (Å²) in [6.07, 6.45) is 0. The van der Waals surface area contributed by atoms with Crippen LogP contribution in [-0.4, -0.2) is 77.3 Å². The van der Waals surface area contributed by atoms with Crippen molar-refractivity contribution >= 4 is 51.5 Å². The molecule has 172 valence electrons. The maximum atomic E-state index is 3.63. The van der Waals surface area contributed by atoms with Crippen molar-refractivity contribution in [3.63, 3.8) is 0 Å². The fourth-order valence-corrected chi connectivity index (χ4v) is 4.69. The second-order valence-electron chi connectivity index (χ2n) is 8.35. The fourth-order valence-electron chi connectivity index (χ4n) is 3.64. The highest BCUT2D eigenvalue weighted by Crippen LogP contribution is 2.46. The number of likely N-dealkylation sites (N-methyl/N-ethyl adjacent to an activating group) is 4. The SMILES string of the molecule is Br.CCN(CCN(C)C)c1ccc2c(c1)Sc1cc(N(CC)CCN(C)C)ccc1N2. The van der Waals surface area contributed by atoms with Crippen LogP contribution in [0.5, 0.6) is 0 Å². The molecule has 1 N–H and O–H groups in total. The molecule has 2 aromatic carbocycles. The van der Waals surface area contributed by atoms with Crippen molar-refractivity contribution in [2.24, 2.45) is 0 Å². The minimum atomic E-state index is 0. The van der Waals surface area contributed by atoms with Gasteiger partial charge in [-0.05, 0) is 78.4 Å². The highest BCUT2D eigenvalue weighted by atomic mass is 79.9. The Balaban J connectivity index is 0.00000341. The zero-order chi connectivity index (χ0) is 21.7. The van der Waals surface area contributed by atoms with Gasteiger partial charge >= 0.3 is 0 Å². The first-order valence-corrected chi connectivity index (χ1v) is 11.7. The number of benzene rings is 2. The molecule has 7 heteroatoms. The molecule has 0 saturated carbocycles. The van der Waals surface area contributed by atoms with E-state index >= 15 is 0 Å². The third-order valence-electron chi connectivity index (χ3n) is 5.55. The predicted molar refractivity (Wildman–Crippen MR) is 143 cm³/mol. The van der Waals surface area contributed by atoms with Crippen LogP contribution in [0.15, 0.2) is 46.2 Å². The molecule has 0 atom stereocenters. The molecule has 0 aromatic heterocycles. The maximum Gasteiger partial charge on any atom is 0.0527 e. The molecule has 3 rings (SSSR count). The van der Waals surface area contributed by atoms with Crippen LogP contribution < -0.4 is 15.1 Å². The van der Waals surface area contributed by atoms with Crippen LogP contribution in [0.3, 0.4) is 0 Å². The van der Waals surface area contributed by atoms with E-state index in [2.05, 4.69) is 103 Å². The summed E-state index contributed by atoms with van der Waals surface area (Å²) < 4.78 is 0. The van der Waals surface area contributed by atoms with Crippen molar-refractivity contribution in [2.45, 2.75) is 23.6 Å². The lowest BCUT2D eigenvalue weighted by atomic mass is 10.2. The summed E-state index contributed by atoms with van der Waals surface area (Å²) in [6, 6.07) is 13.6. The third kappa shape index (κ3) is 6.78. The summed E-state index contributed by atoms with van der Waals surface area (Å²) >= 11 is 1.88. The fraction of sp³-hybridized carbons (Fsp3) is 0.500. The number of nitrogens with zero attached hydrogens (tertiary/aromatic N) is 4. The van der Waals surface area contributed by atoms with E-state index in [0.717, 1.165) is 39.3 Å². The summed E-state index contributed by atoms with van der Waals surface area (Å²) in [5, 5.41) is 3.63. The van der Waals surface area contributed by atoms with E-state index in [0.29, 0.717) is 0 Å². The van der Waals surface area contributed by atoms with Crippen LogP contribution in [0.1, 0.15) is 13.8 Å². The zero-order valence-corrected chi connectivity index (χ0v) is 22.3. The normalized spacial score (nSPS) is 12.1. The van der Waals surface area contributed by atoms with Crippen LogP contribution in [0, 0.1) is 0 Å². The van der Waals surface area contributed by atoms with E-state index in [4.69, 9.17) is 0 Å². The molecule has 0 bridgehead atoms. The van der Waals surface area contributed by atoms with E-state index in [9.17, 15) is 0 Å². The topological polar surface area (TPSA) is 25.0 Å². The van der Waals surface area contributed by atoms with Crippen molar-refractivity contribution in [2.75, 3.05) is 82.6 Å². The molecule has 5 nitrogen and oxygen atoms in total. The number of halogens is 1. The molecule has 31 heavy (non-hydrogen) atoms. The lowest BCUT2D eigenvalue weighted by Crippen LogP contribution is -2.31. The van der Waals surface area contributed by atoms with Crippen molar-refractivity contribution in [3.05, 3.63) is 36.4 Å². The first-order valence-electron chi connectivity index (χ1n) is 10.9. The van der Waals surface area contributed by atoms with Gasteiger partial charge in [-0.1, -0.05) is 11.8 Å². The standard InChI is InChI=1S/C24H37N5S.BrH/c1-7-28(15-13-26(3)4)19-9-11-21-23(17-19)30-24-18-20(10-12-22(24)25-21)29(8-2)16-14-27(5)6;/h9-12,17-18,25H,7-8,13-16H2,1-6H3;1H. The van der Waals surface area contributed by atoms with Gasteiger partial charge in [-0.15, -0.1) is 17.0 Å². The minimum absolute atomic E-state index is 0. The Morgan fingerprint density at radius 3 is 1.45 bits per heavy atom. The monoisotopic (exact) mass is 507 g/mol. The molecule has 0 aliphatic carbocycles. The van der Waals surface area contributed by atoms with Crippen molar-refractivity contribution in [3.8, 4) is 0 Å². The molecule has 1 heterocycles. The van der Waals surface area contributed by atoms with Gasteiger partial charge in [-0.25, -0.2) is 0 Å². The third-order valence-corrected chi connectivity index (χ3v) is 6.66. The first kappa shape index (κ1) is 25.8. The highest BCUT2D eigenvalue weighted by Gasteiger charge is 2.19.